The molecule has 1 atom stereocenters. The van der Waals surface area contributed by atoms with Crippen molar-refractivity contribution in [3.05, 3.63) is 48.0 Å². The van der Waals surface area contributed by atoms with Crippen molar-refractivity contribution in [2.45, 2.75) is 19.4 Å². The number of H-pyrrole nitrogens is 1. The normalized spacial score (nSPS) is 13.3. The van der Waals surface area contributed by atoms with Crippen LogP contribution in [0.2, 0.25) is 0 Å². The van der Waals surface area contributed by atoms with Crippen LogP contribution in [-0.2, 0) is 6.42 Å². The van der Waals surface area contributed by atoms with Gasteiger partial charge < -0.3 is 10.1 Å². The number of hydrogen-bond donors (Lipinski definition) is 2. The Morgan fingerprint density at radius 2 is 1.82 bits per heavy atom. The lowest BCUT2D eigenvalue weighted by molar-refractivity contribution is 0.196. The van der Waals surface area contributed by atoms with Crippen LogP contribution < -0.4 is 0 Å². The van der Waals surface area contributed by atoms with Gasteiger partial charge in [0.05, 0.1) is 6.10 Å². The van der Waals surface area contributed by atoms with Crippen LogP contribution in [0.1, 0.15) is 12.5 Å². The van der Waals surface area contributed by atoms with Gasteiger partial charge in [-0.2, -0.15) is 0 Å². The van der Waals surface area contributed by atoms with Crippen molar-refractivity contribution in [2.75, 3.05) is 0 Å². The average molecular weight is 225 g/mol. The highest BCUT2D eigenvalue weighted by Crippen LogP contribution is 2.27. The third-order valence-electron chi connectivity index (χ3n) is 3.14. The maximum atomic E-state index is 9.53. The quantitative estimate of drug-likeness (QED) is 0.690. The molecule has 0 aliphatic heterocycles. The van der Waals surface area contributed by atoms with Gasteiger partial charge in [-0.05, 0) is 18.6 Å². The molecular formula is C15H15NO. The molecule has 17 heavy (non-hydrogen) atoms. The first-order valence-electron chi connectivity index (χ1n) is 5.92. The van der Waals surface area contributed by atoms with Crippen LogP contribution in [0.5, 0.6) is 0 Å². The van der Waals surface area contributed by atoms with Crippen LogP contribution in [0.25, 0.3) is 21.8 Å². The third-order valence-corrected chi connectivity index (χ3v) is 3.14. The summed E-state index contributed by atoms with van der Waals surface area (Å²) in [5.41, 5.74) is 3.48. The van der Waals surface area contributed by atoms with Gasteiger partial charge in [0.2, 0.25) is 0 Å². The number of rotatable bonds is 2. The van der Waals surface area contributed by atoms with Crippen LogP contribution in [-0.4, -0.2) is 16.2 Å². The molecule has 3 aromatic rings. The average Bonchev–Trinajstić information content (AvgIpc) is 2.68. The van der Waals surface area contributed by atoms with Gasteiger partial charge in [-0.1, -0.05) is 36.4 Å². The van der Waals surface area contributed by atoms with E-state index in [-0.39, 0.29) is 6.10 Å². The monoisotopic (exact) mass is 225 g/mol. The Kier molecular flexibility index (Phi) is 2.37. The van der Waals surface area contributed by atoms with Crippen LogP contribution >= 0.6 is 0 Å². The standard InChI is InChI=1S/C15H15NO/c1-10(17)9-11-5-4-7-13-12-6-2-3-8-14(12)16-15(11)13/h2-8,10,16-17H,9H2,1H3. The number of aromatic nitrogens is 1. The minimum Gasteiger partial charge on any atom is -0.393 e. The van der Waals surface area contributed by atoms with E-state index in [1.54, 1.807) is 0 Å². The molecule has 0 saturated heterocycles. The molecular weight excluding hydrogens is 210 g/mol. The Balaban J connectivity index is 2.31. The van der Waals surface area contributed by atoms with Crippen LogP contribution in [0.15, 0.2) is 42.5 Å². The van der Waals surface area contributed by atoms with Crippen LogP contribution in [0, 0.1) is 0 Å². The van der Waals surface area contributed by atoms with E-state index in [0.29, 0.717) is 6.42 Å². The molecule has 1 unspecified atom stereocenters. The van der Waals surface area contributed by atoms with Gasteiger partial charge in [0.15, 0.2) is 0 Å². The maximum absolute atomic E-state index is 9.53. The fraction of sp³-hybridized carbons (Fsp3) is 0.200. The van der Waals surface area contributed by atoms with Crippen molar-refractivity contribution >= 4 is 21.8 Å². The van der Waals surface area contributed by atoms with Gasteiger partial charge >= 0.3 is 0 Å². The molecule has 0 amide bonds. The molecule has 0 aliphatic rings. The summed E-state index contributed by atoms with van der Waals surface area (Å²) >= 11 is 0. The van der Waals surface area contributed by atoms with Gasteiger partial charge in [0, 0.05) is 28.2 Å². The summed E-state index contributed by atoms with van der Waals surface area (Å²) in [4.78, 5) is 3.44. The molecule has 0 bridgehead atoms. The number of fused-ring (bicyclic) bond motifs is 3. The molecule has 86 valence electrons. The number of benzene rings is 2. The Hall–Kier alpha value is -1.80. The maximum Gasteiger partial charge on any atom is 0.0553 e. The van der Waals surface area contributed by atoms with E-state index in [1.165, 1.54) is 16.3 Å². The molecule has 1 heterocycles. The second-order valence-corrected chi connectivity index (χ2v) is 4.56. The molecule has 1 aromatic heterocycles. The van der Waals surface area contributed by atoms with E-state index in [9.17, 15) is 5.11 Å². The summed E-state index contributed by atoms with van der Waals surface area (Å²) in [6, 6.07) is 14.6. The highest BCUT2D eigenvalue weighted by Gasteiger charge is 2.08. The van der Waals surface area contributed by atoms with Gasteiger partial charge in [0.1, 0.15) is 0 Å². The van der Waals surface area contributed by atoms with E-state index in [1.807, 2.05) is 13.0 Å². The molecule has 2 N–H and O–H groups in total. The summed E-state index contributed by atoms with van der Waals surface area (Å²) in [6.45, 7) is 1.82. The van der Waals surface area contributed by atoms with Crippen molar-refractivity contribution in [3.8, 4) is 0 Å². The number of aromatic amines is 1. The fourth-order valence-corrected chi connectivity index (χ4v) is 2.42. The lowest BCUT2D eigenvalue weighted by atomic mass is 10.0. The number of aliphatic hydroxyl groups excluding tert-OH is 1. The summed E-state index contributed by atoms with van der Waals surface area (Å²) in [7, 11) is 0. The van der Waals surface area contributed by atoms with Crippen LogP contribution in [0.3, 0.4) is 0 Å². The minimum atomic E-state index is -0.313. The first-order chi connectivity index (χ1) is 8.25. The smallest absolute Gasteiger partial charge is 0.0553 e. The van der Waals surface area contributed by atoms with Crippen molar-refractivity contribution < 1.29 is 5.11 Å². The highest BCUT2D eigenvalue weighted by molar-refractivity contribution is 6.08. The molecule has 0 spiro atoms. The predicted molar refractivity (Wildman–Crippen MR) is 71.2 cm³/mol. The molecule has 0 aliphatic carbocycles. The van der Waals surface area contributed by atoms with Crippen molar-refractivity contribution in [1.82, 2.24) is 4.98 Å². The lowest BCUT2D eigenvalue weighted by Gasteiger charge is -2.05. The Labute approximate surface area is 99.9 Å². The Morgan fingerprint density at radius 1 is 1.06 bits per heavy atom. The first-order valence-corrected chi connectivity index (χ1v) is 5.92. The number of hydrogen-bond acceptors (Lipinski definition) is 1. The Morgan fingerprint density at radius 3 is 2.65 bits per heavy atom. The number of para-hydroxylation sites is 2. The predicted octanol–water partition coefficient (Wildman–Crippen LogP) is 3.24. The van der Waals surface area contributed by atoms with Gasteiger partial charge in [-0.15, -0.1) is 0 Å². The zero-order valence-corrected chi connectivity index (χ0v) is 9.77. The summed E-state index contributed by atoms with van der Waals surface area (Å²) in [5.74, 6) is 0. The van der Waals surface area contributed by atoms with Gasteiger partial charge in [-0.25, -0.2) is 0 Å². The van der Waals surface area contributed by atoms with Gasteiger partial charge in [0.25, 0.3) is 0 Å². The Bertz CT molecular complexity index is 667. The van der Waals surface area contributed by atoms with Crippen LogP contribution in [0.4, 0.5) is 0 Å². The molecule has 0 saturated carbocycles. The molecule has 2 nitrogen and oxygen atoms in total. The zero-order valence-electron chi connectivity index (χ0n) is 9.77. The van der Waals surface area contributed by atoms with E-state index in [0.717, 1.165) is 11.0 Å². The molecule has 0 radical (unpaired) electrons. The third kappa shape index (κ3) is 1.71. The zero-order chi connectivity index (χ0) is 11.8. The first kappa shape index (κ1) is 10.4. The number of nitrogens with one attached hydrogen (secondary N) is 1. The lowest BCUT2D eigenvalue weighted by Crippen LogP contribution is -2.04. The topological polar surface area (TPSA) is 36.0 Å². The van der Waals surface area contributed by atoms with E-state index >= 15 is 0 Å². The van der Waals surface area contributed by atoms with Crippen molar-refractivity contribution in [3.63, 3.8) is 0 Å². The summed E-state index contributed by atoms with van der Waals surface area (Å²) in [5, 5.41) is 12.0. The highest BCUT2D eigenvalue weighted by atomic mass is 16.3. The van der Waals surface area contributed by atoms with Gasteiger partial charge in [-0.3, -0.25) is 0 Å². The number of aliphatic hydroxyl groups is 1. The molecule has 3 rings (SSSR count). The molecule has 0 fully saturated rings. The summed E-state index contributed by atoms with van der Waals surface area (Å²) in [6.07, 6.45) is 0.372. The fourth-order valence-electron chi connectivity index (χ4n) is 2.42. The molecule has 2 aromatic carbocycles. The van der Waals surface area contributed by atoms with E-state index < -0.39 is 0 Å². The minimum absolute atomic E-state index is 0.313. The second-order valence-electron chi connectivity index (χ2n) is 4.56. The van der Waals surface area contributed by atoms with Crippen molar-refractivity contribution in [1.29, 1.82) is 0 Å². The molecule has 2 heteroatoms. The SMILES string of the molecule is CC(O)Cc1cccc2c1[nH]c1ccccc12. The second kappa shape index (κ2) is 3.90. The summed E-state index contributed by atoms with van der Waals surface area (Å²) < 4.78 is 0. The van der Waals surface area contributed by atoms with E-state index in [2.05, 4.69) is 41.4 Å². The van der Waals surface area contributed by atoms with Crippen molar-refractivity contribution in [2.24, 2.45) is 0 Å². The van der Waals surface area contributed by atoms with E-state index in [4.69, 9.17) is 0 Å². The largest absolute Gasteiger partial charge is 0.393 e.